The van der Waals surface area contributed by atoms with E-state index in [0.29, 0.717) is 13.2 Å². The lowest BCUT2D eigenvalue weighted by Gasteiger charge is -2.19. The SMILES string of the molecule is CCN(CC)C(=O)NCc1ccccc1COC. The van der Waals surface area contributed by atoms with Gasteiger partial charge in [-0.1, -0.05) is 24.3 Å². The fourth-order valence-electron chi connectivity index (χ4n) is 1.82. The molecule has 0 saturated heterocycles. The van der Waals surface area contributed by atoms with E-state index in [1.54, 1.807) is 12.0 Å². The summed E-state index contributed by atoms with van der Waals surface area (Å²) in [5, 5.41) is 2.93. The fourth-order valence-corrected chi connectivity index (χ4v) is 1.82. The number of benzene rings is 1. The molecule has 1 aromatic rings. The van der Waals surface area contributed by atoms with Gasteiger partial charge in [-0.3, -0.25) is 0 Å². The van der Waals surface area contributed by atoms with Gasteiger partial charge in [0, 0.05) is 26.7 Å². The second-order valence-electron chi connectivity index (χ2n) is 4.03. The molecule has 0 aliphatic rings. The first-order chi connectivity index (χ1) is 8.72. The number of rotatable bonds is 6. The molecule has 1 N–H and O–H groups in total. The minimum atomic E-state index is -0.0211. The number of hydrogen-bond acceptors (Lipinski definition) is 2. The van der Waals surface area contributed by atoms with Gasteiger partial charge >= 0.3 is 6.03 Å². The molecule has 0 aliphatic heterocycles. The number of nitrogens with one attached hydrogen (secondary N) is 1. The van der Waals surface area contributed by atoms with Crippen molar-refractivity contribution in [2.24, 2.45) is 0 Å². The van der Waals surface area contributed by atoms with Crippen molar-refractivity contribution >= 4 is 6.03 Å². The molecule has 0 radical (unpaired) electrons. The van der Waals surface area contributed by atoms with Crippen molar-refractivity contribution in [3.8, 4) is 0 Å². The second kappa shape index (κ2) is 7.71. The van der Waals surface area contributed by atoms with Crippen LogP contribution < -0.4 is 5.32 Å². The van der Waals surface area contributed by atoms with Gasteiger partial charge in [0.2, 0.25) is 0 Å². The predicted molar refractivity (Wildman–Crippen MR) is 72.3 cm³/mol. The van der Waals surface area contributed by atoms with Gasteiger partial charge < -0.3 is 15.0 Å². The van der Waals surface area contributed by atoms with Crippen molar-refractivity contribution in [1.29, 1.82) is 0 Å². The lowest BCUT2D eigenvalue weighted by molar-refractivity contribution is 0.183. The average Bonchev–Trinajstić information content (AvgIpc) is 2.39. The molecule has 1 aromatic carbocycles. The molecule has 18 heavy (non-hydrogen) atoms. The predicted octanol–water partition coefficient (Wildman–Crippen LogP) is 2.38. The Morgan fingerprint density at radius 3 is 2.39 bits per heavy atom. The zero-order valence-electron chi connectivity index (χ0n) is 11.4. The molecule has 100 valence electrons. The Balaban J connectivity index is 2.60. The van der Waals surface area contributed by atoms with Gasteiger partial charge in [0.1, 0.15) is 0 Å². The molecule has 0 bridgehead atoms. The molecule has 4 heteroatoms. The van der Waals surface area contributed by atoms with Gasteiger partial charge in [-0.25, -0.2) is 4.79 Å². The molecule has 0 saturated carbocycles. The Kier molecular flexibility index (Phi) is 6.22. The van der Waals surface area contributed by atoms with E-state index in [2.05, 4.69) is 5.32 Å². The van der Waals surface area contributed by atoms with E-state index in [0.717, 1.165) is 24.2 Å². The van der Waals surface area contributed by atoms with Crippen LogP contribution in [0.5, 0.6) is 0 Å². The maximum atomic E-state index is 11.8. The first-order valence-electron chi connectivity index (χ1n) is 6.31. The molecule has 0 fully saturated rings. The van der Waals surface area contributed by atoms with Gasteiger partial charge in [-0.05, 0) is 25.0 Å². The van der Waals surface area contributed by atoms with Crippen LogP contribution in [-0.4, -0.2) is 31.1 Å². The van der Waals surface area contributed by atoms with Crippen molar-refractivity contribution in [2.45, 2.75) is 27.0 Å². The van der Waals surface area contributed by atoms with E-state index < -0.39 is 0 Å². The fraction of sp³-hybridized carbons (Fsp3) is 0.500. The topological polar surface area (TPSA) is 41.6 Å². The summed E-state index contributed by atoms with van der Waals surface area (Å²) in [7, 11) is 1.67. The highest BCUT2D eigenvalue weighted by molar-refractivity contribution is 5.74. The first-order valence-corrected chi connectivity index (χ1v) is 6.31. The van der Waals surface area contributed by atoms with Crippen LogP contribution in [0.1, 0.15) is 25.0 Å². The quantitative estimate of drug-likeness (QED) is 0.842. The van der Waals surface area contributed by atoms with Gasteiger partial charge in [0.05, 0.1) is 6.61 Å². The lowest BCUT2D eigenvalue weighted by Crippen LogP contribution is -2.39. The van der Waals surface area contributed by atoms with E-state index in [1.165, 1.54) is 0 Å². The van der Waals surface area contributed by atoms with Crippen molar-refractivity contribution in [3.63, 3.8) is 0 Å². The number of ether oxygens (including phenoxy) is 1. The van der Waals surface area contributed by atoms with Crippen LogP contribution in [0.4, 0.5) is 4.79 Å². The average molecular weight is 250 g/mol. The second-order valence-corrected chi connectivity index (χ2v) is 4.03. The van der Waals surface area contributed by atoms with E-state index >= 15 is 0 Å². The van der Waals surface area contributed by atoms with Crippen LogP contribution in [0.2, 0.25) is 0 Å². The van der Waals surface area contributed by atoms with Gasteiger partial charge in [-0.15, -0.1) is 0 Å². The molecule has 0 atom stereocenters. The van der Waals surface area contributed by atoms with Gasteiger partial charge in [-0.2, -0.15) is 0 Å². The van der Waals surface area contributed by atoms with Gasteiger partial charge in [0.15, 0.2) is 0 Å². The van der Waals surface area contributed by atoms with E-state index in [4.69, 9.17) is 4.74 Å². The molecule has 0 aromatic heterocycles. The summed E-state index contributed by atoms with van der Waals surface area (Å²) >= 11 is 0. The highest BCUT2D eigenvalue weighted by atomic mass is 16.5. The van der Waals surface area contributed by atoms with Gasteiger partial charge in [0.25, 0.3) is 0 Å². The molecule has 0 heterocycles. The van der Waals surface area contributed by atoms with Crippen molar-refractivity contribution < 1.29 is 9.53 Å². The summed E-state index contributed by atoms with van der Waals surface area (Å²) in [6.07, 6.45) is 0. The standard InChI is InChI=1S/C14H22N2O2/c1-4-16(5-2)14(17)15-10-12-8-6-7-9-13(12)11-18-3/h6-9H,4-5,10-11H2,1-3H3,(H,15,17). The van der Waals surface area contributed by atoms with Crippen molar-refractivity contribution in [2.75, 3.05) is 20.2 Å². The maximum Gasteiger partial charge on any atom is 0.317 e. The Hall–Kier alpha value is -1.55. The highest BCUT2D eigenvalue weighted by Crippen LogP contribution is 2.09. The summed E-state index contributed by atoms with van der Waals surface area (Å²) in [6, 6.07) is 7.95. The molecule has 1 rings (SSSR count). The molecule has 0 unspecified atom stereocenters. The molecule has 4 nitrogen and oxygen atoms in total. The van der Waals surface area contributed by atoms with Crippen LogP contribution in [0.25, 0.3) is 0 Å². The molecule has 0 spiro atoms. The number of carbonyl (C=O) groups is 1. The largest absolute Gasteiger partial charge is 0.380 e. The maximum absolute atomic E-state index is 11.8. The molecule has 0 aliphatic carbocycles. The summed E-state index contributed by atoms with van der Waals surface area (Å²) in [5.74, 6) is 0. The minimum absolute atomic E-state index is 0.0211. The smallest absolute Gasteiger partial charge is 0.317 e. The van der Waals surface area contributed by atoms with Crippen LogP contribution in [0.3, 0.4) is 0 Å². The van der Waals surface area contributed by atoms with Crippen molar-refractivity contribution in [1.82, 2.24) is 10.2 Å². The Bertz CT molecular complexity index is 376. The minimum Gasteiger partial charge on any atom is -0.380 e. The number of amides is 2. The monoisotopic (exact) mass is 250 g/mol. The van der Waals surface area contributed by atoms with E-state index in [-0.39, 0.29) is 6.03 Å². The Morgan fingerprint density at radius 1 is 1.22 bits per heavy atom. The lowest BCUT2D eigenvalue weighted by atomic mass is 10.1. The number of nitrogens with zero attached hydrogens (tertiary/aromatic N) is 1. The van der Waals surface area contributed by atoms with Crippen LogP contribution in [0, 0.1) is 0 Å². The summed E-state index contributed by atoms with van der Waals surface area (Å²) in [5.41, 5.74) is 2.21. The summed E-state index contributed by atoms with van der Waals surface area (Å²) < 4.78 is 5.14. The Morgan fingerprint density at radius 2 is 1.83 bits per heavy atom. The summed E-state index contributed by atoms with van der Waals surface area (Å²) in [4.78, 5) is 13.6. The zero-order chi connectivity index (χ0) is 13.4. The molecule has 2 amide bonds. The number of hydrogen-bond donors (Lipinski definition) is 1. The summed E-state index contributed by atoms with van der Waals surface area (Å²) in [6.45, 7) is 6.50. The number of urea groups is 1. The third kappa shape index (κ3) is 4.04. The van der Waals surface area contributed by atoms with Crippen molar-refractivity contribution in [3.05, 3.63) is 35.4 Å². The first kappa shape index (κ1) is 14.5. The van der Waals surface area contributed by atoms with E-state index in [9.17, 15) is 4.79 Å². The number of methoxy groups -OCH3 is 1. The molecular weight excluding hydrogens is 228 g/mol. The number of carbonyl (C=O) groups excluding carboxylic acids is 1. The third-order valence-corrected chi connectivity index (χ3v) is 2.90. The third-order valence-electron chi connectivity index (χ3n) is 2.90. The molecular formula is C14H22N2O2. The van der Waals surface area contributed by atoms with Crippen LogP contribution in [0.15, 0.2) is 24.3 Å². The highest BCUT2D eigenvalue weighted by Gasteiger charge is 2.09. The van der Waals surface area contributed by atoms with Crippen LogP contribution in [-0.2, 0) is 17.9 Å². The van der Waals surface area contributed by atoms with E-state index in [1.807, 2.05) is 38.1 Å². The van der Waals surface area contributed by atoms with Crippen LogP contribution >= 0.6 is 0 Å². The zero-order valence-corrected chi connectivity index (χ0v) is 11.4. The Labute approximate surface area is 109 Å². The normalized spacial score (nSPS) is 10.2.